The Labute approximate surface area is 242 Å². The molecule has 1 fully saturated rings. The molecular formula is C30H58N4O6. The lowest BCUT2D eigenvalue weighted by Crippen LogP contribution is -2.48. The number of carboxylic acids is 3. The largest absolute Gasteiger partial charge is 0.480 e. The number of hydrogen-bond donors (Lipinski definition) is 3. The fourth-order valence-electron chi connectivity index (χ4n) is 5.38. The Kier molecular flexibility index (Phi) is 21.7. The summed E-state index contributed by atoms with van der Waals surface area (Å²) in [5, 5.41) is 28.0. The molecule has 3 N–H and O–H groups in total. The fraction of sp³-hybridized carbons (Fsp3) is 0.900. The van der Waals surface area contributed by atoms with Crippen molar-refractivity contribution in [3.05, 3.63) is 0 Å². The molecule has 1 aliphatic rings. The van der Waals surface area contributed by atoms with E-state index in [1.54, 1.807) is 4.90 Å². The highest BCUT2D eigenvalue weighted by Crippen LogP contribution is 2.13. The molecule has 234 valence electrons. The molecule has 0 spiro atoms. The summed E-state index contributed by atoms with van der Waals surface area (Å²) in [6, 6.07) is 0. The number of carbonyl (C=O) groups is 3. The normalized spacial score (nSPS) is 17.3. The lowest BCUT2D eigenvalue weighted by molar-refractivity contribution is -0.140. The second-order valence-electron chi connectivity index (χ2n) is 11.4. The molecule has 1 saturated heterocycles. The monoisotopic (exact) mass is 570 g/mol. The van der Waals surface area contributed by atoms with Crippen LogP contribution in [0.1, 0.15) is 96.8 Å². The Bertz CT molecular complexity index is 649. The zero-order valence-corrected chi connectivity index (χ0v) is 25.2. The van der Waals surface area contributed by atoms with Gasteiger partial charge in [0, 0.05) is 52.4 Å². The number of nitrogens with zero attached hydrogens (tertiary/aromatic N) is 4. The van der Waals surface area contributed by atoms with E-state index in [4.69, 9.17) is 0 Å². The van der Waals surface area contributed by atoms with Gasteiger partial charge in [0.15, 0.2) is 0 Å². The minimum atomic E-state index is -0.944. The maximum atomic E-state index is 11.4. The molecule has 0 unspecified atom stereocenters. The van der Waals surface area contributed by atoms with Gasteiger partial charge in [-0.05, 0) is 13.0 Å². The van der Waals surface area contributed by atoms with Gasteiger partial charge in [-0.25, -0.2) is 0 Å². The van der Waals surface area contributed by atoms with Gasteiger partial charge in [0.1, 0.15) is 0 Å². The molecule has 1 rings (SSSR count). The molecule has 0 bridgehead atoms. The van der Waals surface area contributed by atoms with Crippen LogP contribution in [0, 0.1) is 0 Å². The predicted octanol–water partition coefficient (Wildman–Crippen LogP) is 3.94. The molecule has 1 aliphatic heterocycles. The highest BCUT2D eigenvalue weighted by molar-refractivity contribution is 5.69. The molecule has 10 heteroatoms. The van der Waals surface area contributed by atoms with Crippen molar-refractivity contribution in [2.24, 2.45) is 0 Å². The second-order valence-corrected chi connectivity index (χ2v) is 11.4. The van der Waals surface area contributed by atoms with Crippen LogP contribution in [-0.2, 0) is 14.4 Å². The molecule has 1 heterocycles. The Morgan fingerprint density at radius 2 is 0.675 bits per heavy atom. The number of aliphatic carboxylic acids is 3. The average molecular weight is 571 g/mol. The van der Waals surface area contributed by atoms with E-state index in [0.29, 0.717) is 52.4 Å². The van der Waals surface area contributed by atoms with E-state index in [9.17, 15) is 29.7 Å². The molecule has 40 heavy (non-hydrogen) atoms. The zero-order chi connectivity index (χ0) is 29.4. The average Bonchev–Trinajstić information content (AvgIpc) is 2.89. The van der Waals surface area contributed by atoms with Crippen molar-refractivity contribution in [3.8, 4) is 0 Å². The van der Waals surface area contributed by atoms with E-state index in [0.717, 1.165) is 13.0 Å². The molecule has 0 radical (unpaired) electrons. The molecule has 10 nitrogen and oxygen atoms in total. The van der Waals surface area contributed by atoms with Crippen molar-refractivity contribution in [3.63, 3.8) is 0 Å². The zero-order valence-electron chi connectivity index (χ0n) is 25.2. The Morgan fingerprint density at radius 3 is 0.950 bits per heavy atom. The number of hydrogen-bond acceptors (Lipinski definition) is 7. The summed E-state index contributed by atoms with van der Waals surface area (Å²) in [6.07, 6.45) is 18.4. The van der Waals surface area contributed by atoms with E-state index in [1.807, 2.05) is 9.80 Å². The van der Waals surface area contributed by atoms with Gasteiger partial charge in [-0.3, -0.25) is 29.1 Å². The maximum Gasteiger partial charge on any atom is 0.317 e. The van der Waals surface area contributed by atoms with Crippen LogP contribution < -0.4 is 0 Å². The van der Waals surface area contributed by atoms with Gasteiger partial charge in [-0.15, -0.1) is 0 Å². The summed E-state index contributed by atoms with van der Waals surface area (Å²) >= 11 is 0. The molecule has 0 atom stereocenters. The Balaban J connectivity index is 2.44. The first-order valence-electron chi connectivity index (χ1n) is 15.8. The summed E-state index contributed by atoms with van der Waals surface area (Å²) < 4.78 is 0. The van der Waals surface area contributed by atoms with E-state index >= 15 is 0 Å². The third-order valence-electron chi connectivity index (χ3n) is 7.83. The van der Waals surface area contributed by atoms with Gasteiger partial charge in [-0.1, -0.05) is 90.4 Å². The third kappa shape index (κ3) is 21.1. The molecule has 0 aromatic rings. The maximum absolute atomic E-state index is 11.4. The van der Waals surface area contributed by atoms with Gasteiger partial charge >= 0.3 is 17.9 Å². The van der Waals surface area contributed by atoms with Crippen LogP contribution in [-0.4, -0.2) is 131 Å². The lowest BCUT2D eigenvalue weighted by Gasteiger charge is -2.33. The molecule has 0 aromatic carbocycles. The van der Waals surface area contributed by atoms with E-state index < -0.39 is 17.9 Å². The van der Waals surface area contributed by atoms with Crippen LogP contribution in [0.5, 0.6) is 0 Å². The fourth-order valence-corrected chi connectivity index (χ4v) is 5.38. The van der Waals surface area contributed by atoms with Gasteiger partial charge in [0.25, 0.3) is 0 Å². The van der Waals surface area contributed by atoms with Gasteiger partial charge in [0.2, 0.25) is 0 Å². The van der Waals surface area contributed by atoms with Gasteiger partial charge in [-0.2, -0.15) is 0 Å². The number of unbranched alkanes of at least 4 members (excludes halogenated alkanes) is 13. The second kappa shape index (κ2) is 23.9. The lowest BCUT2D eigenvalue weighted by atomic mass is 10.0. The van der Waals surface area contributed by atoms with E-state index in [-0.39, 0.29) is 19.6 Å². The van der Waals surface area contributed by atoms with Crippen molar-refractivity contribution < 1.29 is 29.7 Å². The topological polar surface area (TPSA) is 125 Å². The smallest absolute Gasteiger partial charge is 0.317 e. The first-order chi connectivity index (χ1) is 19.3. The minimum absolute atomic E-state index is 0.0707. The minimum Gasteiger partial charge on any atom is -0.480 e. The highest BCUT2D eigenvalue weighted by atomic mass is 16.4. The molecule has 0 aliphatic carbocycles. The number of carboxylic acid groups (broad SMARTS) is 3. The van der Waals surface area contributed by atoms with Crippen LogP contribution in [0.2, 0.25) is 0 Å². The third-order valence-corrected chi connectivity index (χ3v) is 7.83. The van der Waals surface area contributed by atoms with E-state index in [1.165, 1.54) is 83.5 Å². The van der Waals surface area contributed by atoms with Crippen molar-refractivity contribution in [2.45, 2.75) is 96.8 Å². The first-order valence-corrected chi connectivity index (χ1v) is 15.8. The van der Waals surface area contributed by atoms with Crippen LogP contribution in [0.25, 0.3) is 0 Å². The van der Waals surface area contributed by atoms with Crippen molar-refractivity contribution in [1.82, 2.24) is 19.6 Å². The Morgan fingerprint density at radius 1 is 0.425 bits per heavy atom. The molecule has 0 aromatic heterocycles. The van der Waals surface area contributed by atoms with Crippen LogP contribution in [0.3, 0.4) is 0 Å². The summed E-state index contributed by atoms with van der Waals surface area (Å²) in [5.41, 5.74) is 0. The molecular weight excluding hydrogens is 512 g/mol. The summed E-state index contributed by atoms with van der Waals surface area (Å²) in [6.45, 7) is 7.29. The van der Waals surface area contributed by atoms with Gasteiger partial charge in [0.05, 0.1) is 19.6 Å². The van der Waals surface area contributed by atoms with Crippen molar-refractivity contribution in [1.29, 1.82) is 0 Å². The van der Waals surface area contributed by atoms with E-state index in [2.05, 4.69) is 11.8 Å². The predicted molar refractivity (Wildman–Crippen MR) is 159 cm³/mol. The summed E-state index contributed by atoms with van der Waals surface area (Å²) in [7, 11) is 0. The SMILES string of the molecule is CCCCCCCCCCCCCCCCN1CCN(CC(=O)O)CCN(CC(=O)O)CCN(CC(=O)O)CC1. The standard InChI is InChI=1S/C30H58N4O6/c1-2-3-4-5-6-7-8-9-10-11-12-13-14-15-16-31-17-19-32(25-28(35)36)21-23-34(27-30(39)40)24-22-33(20-18-31)26-29(37)38/h2-27H2,1H3,(H,35,36)(H,37,38)(H,39,40). The highest BCUT2D eigenvalue weighted by Gasteiger charge is 2.20. The molecule has 0 saturated carbocycles. The first kappa shape index (κ1) is 36.3. The van der Waals surface area contributed by atoms with Crippen molar-refractivity contribution >= 4 is 17.9 Å². The van der Waals surface area contributed by atoms with Gasteiger partial charge < -0.3 is 20.2 Å². The quantitative estimate of drug-likeness (QED) is 0.175. The van der Waals surface area contributed by atoms with Crippen LogP contribution >= 0.6 is 0 Å². The summed E-state index contributed by atoms with van der Waals surface area (Å²) in [4.78, 5) is 42.0. The van der Waals surface area contributed by atoms with Crippen molar-refractivity contribution in [2.75, 3.05) is 78.5 Å². The summed E-state index contributed by atoms with van der Waals surface area (Å²) in [5.74, 6) is -2.72. The number of rotatable bonds is 21. The molecule has 0 amide bonds. The van der Waals surface area contributed by atoms with Crippen LogP contribution in [0.4, 0.5) is 0 Å². The Hall–Kier alpha value is -1.75. The van der Waals surface area contributed by atoms with Crippen LogP contribution in [0.15, 0.2) is 0 Å².